The molecule has 0 aliphatic carbocycles. The van der Waals surface area contributed by atoms with E-state index in [2.05, 4.69) is 10.3 Å². The van der Waals surface area contributed by atoms with Crippen LogP contribution < -0.4 is 5.32 Å². The van der Waals surface area contributed by atoms with Gasteiger partial charge >= 0.3 is 6.03 Å². The number of aromatic nitrogens is 2. The fraction of sp³-hybridized carbons (Fsp3) is 0.500. The van der Waals surface area contributed by atoms with Crippen LogP contribution in [0, 0.1) is 6.92 Å². The maximum Gasteiger partial charge on any atom is 0.321 e. The molecule has 1 atom stereocenters. The summed E-state index contributed by atoms with van der Waals surface area (Å²) in [5.74, 6) is 0. The highest BCUT2D eigenvalue weighted by Crippen LogP contribution is 2.24. The average molecular weight is 302 g/mol. The number of rotatable bonds is 2. The predicted octanol–water partition coefficient (Wildman–Crippen LogP) is 2.68. The summed E-state index contributed by atoms with van der Waals surface area (Å²) in [5.41, 5.74) is 2.46. The summed E-state index contributed by atoms with van der Waals surface area (Å²) < 4.78 is 7.46. The van der Waals surface area contributed by atoms with Crippen molar-refractivity contribution in [2.45, 2.75) is 32.3 Å². The standard InChI is InChI=1S/C16H22N4O2/c1-12-9-13(10-19-8-6-17-14(12)19)18-15(21)20-7-4-5-16(2,11-20)22-3/h6,8-10H,4-5,7,11H2,1-3H3,(H,18,21). The summed E-state index contributed by atoms with van der Waals surface area (Å²) in [4.78, 5) is 18.6. The molecule has 2 amide bonds. The van der Waals surface area contributed by atoms with Crippen LogP contribution in [0.3, 0.4) is 0 Å². The highest BCUT2D eigenvalue weighted by molar-refractivity contribution is 5.89. The molecule has 22 heavy (non-hydrogen) atoms. The molecule has 3 rings (SSSR count). The van der Waals surface area contributed by atoms with Crippen LogP contribution in [0.5, 0.6) is 0 Å². The Morgan fingerprint density at radius 1 is 1.50 bits per heavy atom. The Labute approximate surface area is 130 Å². The van der Waals surface area contributed by atoms with E-state index >= 15 is 0 Å². The highest BCUT2D eigenvalue weighted by Gasteiger charge is 2.33. The molecule has 0 radical (unpaired) electrons. The number of nitrogens with zero attached hydrogens (tertiary/aromatic N) is 3. The summed E-state index contributed by atoms with van der Waals surface area (Å²) in [7, 11) is 1.71. The molecule has 0 aromatic carbocycles. The first kappa shape index (κ1) is 14.8. The normalized spacial score (nSPS) is 22.0. The van der Waals surface area contributed by atoms with Gasteiger partial charge in [-0.05, 0) is 38.3 Å². The van der Waals surface area contributed by atoms with Crippen molar-refractivity contribution in [3.63, 3.8) is 0 Å². The monoisotopic (exact) mass is 302 g/mol. The van der Waals surface area contributed by atoms with E-state index in [4.69, 9.17) is 4.74 Å². The number of aryl methyl sites for hydroxylation is 1. The minimum atomic E-state index is -0.250. The molecule has 1 unspecified atom stereocenters. The molecule has 1 fully saturated rings. The maximum atomic E-state index is 12.5. The molecular formula is C16H22N4O2. The van der Waals surface area contributed by atoms with E-state index in [1.165, 1.54) is 0 Å². The number of hydrogen-bond acceptors (Lipinski definition) is 3. The van der Waals surface area contributed by atoms with Crippen LogP contribution in [0.1, 0.15) is 25.3 Å². The summed E-state index contributed by atoms with van der Waals surface area (Å²) in [5, 5.41) is 2.98. The molecule has 0 spiro atoms. The number of amides is 2. The zero-order valence-electron chi connectivity index (χ0n) is 13.3. The molecule has 1 aliphatic heterocycles. The molecule has 1 aliphatic rings. The van der Waals surface area contributed by atoms with Gasteiger partial charge < -0.3 is 19.4 Å². The van der Waals surface area contributed by atoms with Gasteiger partial charge in [0.25, 0.3) is 0 Å². The molecule has 1 saturated heterocycles. The lowest BCUT2D eigenvalue weighted by molar-refractivity contribution is -0.0389. The third-order valence-electron chi connectivity index (χ3n) is 4.36. The van der Waals surface area contributed by atoms with Crippen molar-refractivity contribution in [2.24, 2.45) is 0 Å². The average Bonchev–Trinajstić information content (AvgIpc) is 2.96. The molecule has 6 nitrogen and oxygen atoms in total. The van der Waals surface area contributed by atoms with Crippen LogP contribution in [0.4, 0.5) is 10.5 Å². The van der Waals surface area contributed by atoms with Crippen molar-refractivity contribution >= 4 is 17.4 Å². The Hall–Kier alpha value is -2.08. The molecule has 118 valence electrons. The Balaban J connectivity index is 1.75. The van der Waals surface area contributed by atoms with Gasteiger partial charge in [0.15, 0.2) is 0 Å². The lowest BCUT2D eigenvalue weighted by Crippen LogP contribution is -2.50. The molecule has 3 heterocycles. The van der Waals surface area contributed by atoms with Gasteiger partial charge in [0, 0.05) is 32.2 Å². The summed E-state index contributed by atoms with van der Waals surface area (Å²) in [6.45, 7) is 5.41. The minimum Gasteiger partial charge on any atom is -0.377 e. The van der Waals surface area contributed by atoms with E-state index in [-0.39, 0.29) is 11.6 Å². The fourth-order valence-corrected chi connectivity index (χ4v) is 3.02. The number of likely N-dealkylation sites (tertiary alicyclic amines) is 1. The summed E-state index contributed by atoms with van der Waals surface area (Å²) in [6.07, 6.45) is 7.45. The first-order valence-electron chi connectivity index (χ1n) is 7.55. The third-order valence-corrected chi connectivity index (χ3v) is 4.36. The Bertz CT molecular complexity index is 697. The zero-order chi connectivity index (χ0) is 15.7. The minimum absolute atomic E-state index is 0.0816. The van der Waals surface area contributed by atoms with E-state index in [9.17, 15) is 4.79 Å². The van der Waals surface area contributed by atoms with E-state index in [0.29, 0.717) is 6.54 Å². The number of fused-ring (bicyclic) bond motifs is 1. The number of carbonyl (C=O) groups is 1. The molecule has 6 heteroatoms. The van der Waals surface area contributed by atoms with Crippen LogP contribution in [0.2, 0.25) is 0 Å². The molecule has 0 bridgehead atoms. The van der Waals surface area contributed by atoms with Crippen LogP contribution in [-0.4, -0.2) is 46.1 Å². The zero-order valence-corrected chi connectivity index (χ0v) is 13.3. The van der Waals surface area contributed by atoms with E-state index in [1.54, 1.807) is 13.3 Å². The second-order valence-electron chi connectivity index (χ2n) is 6.18. The fourth-order valence-electron chi connectivity index (χ4n) is 3.02. The number of anilines is 1. The largest absolute Gasteiger partial charge is 0.377 e. The number of hydrogen-bond donors (Lipinski definition) is 1. The number of methoxy groups -OCH3 is 1. The van der Waals surface area contributed by atoms with Crippen LogP contribution in [0.25, 0.3) is 5.65 Å². The van der Waals surface area contributed by atoms with Gasteiger partial charge in [-0.2, -0.15) is 0 Å². The van der Waals surface area contributed by atoms with Gasteiger partial charge in [0.1, 0.15) is 5.65 Å². The van der Waals surface area contributed by atoms with Gasteiger partial charge in [-0.3, -0.25) is 0 Å². The van der Waals surface area contributed by atoms with Gasteiger partial charge in [-0.15, -0.1) is 0 Å². The number of pyridine rings is 1. The lowest BCUT2D eigenvalue weighted by Gasteiger charge is -2.39. The van der Waals surface area contributed by atoms with Crippen LogP contribution in [0.15, 0.2) is 24.7 Å². The molecule has 2 aromatic rings. The van der Waals surface area contributed by atoms with Gasteiger partial charge in [0.05, 0.1) is 17.8 Å². The lowest BCUT2D eigenvalue weighted by atomic mass is 9.95. The molecule has 0 saturated carbocycles. The summed E-state index contributed by atoms with van der Waals surface area (Å²) in [6, 6.07) is 1.86. The van der Waals surface area contributed by atoms with Crippen molar-refractivity contribution in [3.8, 4) is 0 Å². The van der Waals surface area contributed by atoms with Crippen molar-refractivity contribution in [1.82, 2.24) is 14.3 Å². The third kappa shape index (κ3) is 2.78. The summed E-state index contributed by atoms with van der Waals surface area (Å²) >= 11 is 0. The van der Waals surface area contributed by atoms with Crippen molar-refractivity contribution in [2.75, 3.05) is 25.5 Å². The van der Waals surface area contributed by atoms with Crippen molar-refractivity contribution < 1.29 is 9.53 Å². The van der Waals surface area contributed by atoms with Gasteiger partial charge in [-0.25, -0.2) is 9.78 Å². The predicted molar refractivity (Wildman–Crippen MR) is 85.2 cm³/mol. The Kier molecular flexibility index (Phi) is 3.78. The van der Waals surface area contributed by atoms with E-state index < -0.39 is 0 Å². The second kappa shape index (κ2) is 5.61. The number of nitrogens with one attached hydrogen (secondary N) is 1. The van der Waals surface area contributed by atoms with Crippen LogP contribution in [-0.2, 0) is 4.74 Å². The van der Waals surface area contributed by atoms with Gasteiger partial charge in [-0.1, -0.05) is 0 Å². The first-order chi connectivity index (χ1) is 10.5. The smallest absolute Gasteiger partial charge is 0.321 e. The van der Waals surface area contributed by atoms with Crippen LogP contribution >= 0.6 is 0 Å². The van der Waals surface area contributed by atoms with E-state index in [0.717, 1.165) is 36.3 Å². The topological polar surface area (TPSA) is 58.9 Å². The first-order valence-corrected chi connectivity index (χ1v) is 7.55. The number of urea groups is 1. The molecule has 1 N–H and O–H groups in total. The van der Waals surface area contributed by atoms with Crippen molar-refractivity contribution in [1.29, 1.82) is 0 Å². The number of piperidine rings is 1. The molecular weight excluding hydrogens is 280 g/mol. The quantitative estimate of drug-likeness (QED) is 0.928. The van der Waals surface area contributed by atoms with Gasteiger partial charge in [0.2, 0.25) is 0 Å². The maximum absolute atomic E-state index is 12.5. The SMILES string of the molecule is COC1(C)CCCN(C(=O)Nc2cc(C)c3nccn3c2)C1. The number of carbonyl (C=O) groups excluding carboxylic acids is 1. The van der Waals surface area contributed by atoms with Crippen molar-refractivity contribution in [3.05, 3.63) is 30.2 Å². The second-order valence-corrected chi connectivity index (χ2v) is 6.18. The Morgan fingerprint density at radius 2 is 2.32 bits per heavy atom. The van der Waals surface area contributed by atoms with E-state index in [1.807, 2.05) is 41.6 Å². The number of imidazole rings is 1. The molecule has 2 aromatic heterocycles. The Morgan fingerprint density at radius 3 is 3.09 bits per heavy atom. The highest BCUT2D eigenvalue weighted by atomic mass is 16.5. The number of ether oxygens (including phenoxy) is 1.